The highest BCUT2D eigenvalue weighted by Crippen LogP contribution is 2.21. The van der Waals surface area contributed by atoms with Gasteiger partial charge in [-0.2, -0.15) is 0 Å². The Labute approximate surface area is 147 Å². The molecular weight excluding hydrogens is 375 g/mol. The Balaban J connectivity index is 1.62. The van der Waals surface area contributed by atoms with E-state index in [4.69, 9.17) is 0 Å². The lowest BCUT2D eigenvalue weighted by Gasteiger charge is -2.16. The van der Waals surface area contributed by atoms with E-state index in [2.05, 4.69) is 21.2 Å². The zero-order chi connectivity index (χ0) is 17.1. The second-order valence-electron chi connectivity index (χ2n) is 5.62. The van der Waals surface area contributed by atoms with Crippen LogP contribution in [-0.2, 0) is 11.3 Å². The molecule has 4 nitrogen and oxygen atoms in total. The topological polar surface area (TPSA) is 49.4 Å². The number of nitrogens with one attached hydrogen (secondary N) is 1. The molecule has 24 heavy (non-hydrogen) atoms. The fourth-order valence-corrected chi connectivity index (χ4v) is 3.00. The normalized spacial score (nSPS) is 14.1. The van der Waals surface area contributed by atoms with Gasteiger partial charge >= 0.3 is 0 Å². The summed E-state index contributed by atoms with van der Waals surface area (Å²) in [5.41, 5.74) is 1.76. The molecule has 2 aromatic rings. The molecule has 0 aromatic heterocycles. The first-order valence-electron chi connectivity index (χ1n) is 7.67. The molecule has 1 saturated heterocycles. The van der Waals surface area contributed by atoms with Crippen molar-refractivity contribution in [1.29, 1.82) is 0 Å². The van der Waals surface area contributed by atoms with Gasteiger partial charge in [-0.1, -0.05) is 28.1 Å². The van der Waals surface area contributed by atoms with E-state index in [0.29, 0.717) is 17.4 Å². The van der Waals surface area contributed by atoms with Crippen molar-refractivity contribution in [2.45, 2.75) is 19.4 Å². The first-order valence-corrected chi connectivity index (χ1v) is 8.46. The largest absolute Gasteiger partial charge is 0.348 e. The molecule has 124 valence electrons. The van der Waals surface area contributed by atoms with E-state index < -0.39 is 11.7 Å². The fraction of sp³-hybridized carbons (Fsp3) is 0.222. The smallest absolute Gasteiger partial charge is 0.254 e. The number of carbonyl (C=O) groups is 2. The number of nitrogens with zero attached hydrogens (tertiary/aromatic N) is 1. The van der Waals surface area contributed by atoms with Crippen molar-refractivity contribution < 1.29 is 14.0 Å². The van der Waals surface area contributed by atoms with Gasteiger partial charge in [-0.05, 0) is 42.3 Å². The summed E-state index contributed by atoms with van der Waals surface area (Å²) in [6.45, 7) is 1.04. The van der Waals surface area contributed by atoms with Crippen molar-refractivity contribution in [3.05, 3.63) is 63.9 Å². The molecule has 0 bridgehead atoms. The Morgan fingerprint density at radius 3 is 2.58 bits per heavy atom. The first kappa shape index (κ1) is 16.6. The Morgan fingerprint density at radius 1 is 1.21 bits per heavy atom. The van der Waals surface area contributed by atoms with E-state index in [1.165, 1.54) is 12.1 Å². The second kappa shape index (κ2) is 7.13. The highest BCUT2D eigenvalue weighted by atomic mass is 79.9. The molecule has 1 aliphatic rings. The Morgan fingerprint density at radius 2 is 1.96 bits per heavy atom. The van der Waals surface area contributed by atoms with Crippen molar-refractivity contribution in [2.24, 2.45) is 0 Å². The molecule has 0 unspecified atom stereocenters. The molecule has 2 amide bonds. The molecule has 3 rings (SSSR count). The fourth-order valence-electron chi connectivity index (χ4n) is 2.67. The number of carbonyl (C=O) groups excluding carboxylic acids is 2. The number of rotatable bonds is 4. The summed E-state index contributed by atoms with van der Waals surface area (Å²) in [4.78, 5) is 25.5. The number of anilines is 1. The van der Waals surface area contributed by atoms with Gasteiger partial charge in [0.2, 0.25) is 5.91 Å². The summed E-state index contributed by atoms with van der Waals surface area (Å²) in [5, 5.41) is 2.70. The maximum atomic E-state index is 13.8. The Hall–Kier alpha value is -2.21. The van der Waals surface area contributed by atoms with Crippen LogP contribution in [0.2, 0.25) is 0 Å². The van der Waals surface area contributed by atoms with Crippen LogP contribution in [0.1, 0.15) is 28.8 Å². The van der Waals surface area contributed by atoms with E-state index in [9.17, 15) is 14.0 Å². The Bertz CT molecular complexity index is 777. The van der Waals surface area contributed by atoms with Crippen molar-refractivity contribution in [1.82, 2.24) is 5.32 Å². The second-order valence-corrected chi connectivity index (χ2v) is 6.54. The van der Waals surface area contributed by atoms with Gasteiger partial charge in [-0.3, -0.25) is 9.59 Å². The molecule has 1 aliphatic heterocycles. The van der Waals surface area contributed by atoms with Crippen LogP contribution in [0.4, 0.5) is 10.1 Å². The summed E-state index contributed by atoms with van der Waals surface area (Å²) < 4.78 is 14.3. The lowest BCUT2D eigenvalue weighted by Crippen LogP contribution is -2.24. The monoisotopic (exact) mass is 390 g/mol. The third-order valence-electron chi connectivity index (χ3n) is 3.95. The number of benzene rings is 2. The zero-order valence-electron chi connectivity index (χ0n) is 12.9. The molecule has 1 N–H and O–H groups in total. The maximum absolute atomic E-state index is 13.8. The highest BCUT2D eigenvalue weighted by molar-refractivity contribution is 9.10. The van der Waals surface area contributed by atoms with Gasteiger partial charge < -0.3 is 10.2 Å². The maximum Gasteiger partial charge on any atom is 0.254 e. The van der Waals surface area contributed by atoms with E-state index in [1.807, 2.05) is 24.3 Å². The molecule has 2 aromatic carbocycles. The van der Waals surface area contributed by atoms with Crippen LogP contribution in [-0.4, -0.2) is 18.4 Å². The number of amides is 2. The minimum atomic E-state index is -0.565. The lowest BCUT2D eigenvalue weighted by atomic mass is 10.1. The van der Waals surface area contributed by atoms with Gasteiger partial charge in [0, 0.05) is 29.7 Å². The van der Waals surface area contributed by atoms with Crippen LogP contribution in [0.15, 0.2) is 46.9 Å². The molecular formula is C18H16BrFN2O2. The minimum absolute atomic E-state index is 0.0116. The number of hydrogen-bond acceptors (Lipinski definition) is 2. The summed E-state index contributed by atoms with van der Waals surface area (Å²) in [6, 6.07) is 11.8. The highest BCUT2D eigenvalue weighted by Gasteiger charge is 2.21. The average Bonchev–Trinajstić information content (AvgIpc) is 2.99. The SMILES string of the molecule is O=C(NCc1ccc(N2CCCC2=O)cc1)c1ccc(Br)cc1F. The molecule has 1 heterocycles. The van der Waals surface area contributed by atoms with Crippen molar-refractivity contribution in [3.63, 3.8) is 0 Å². The third-order valence-corrected chi connectivity index (χ3v) is 4.44. The van der Waals surface area contributed by atoms with Crippen LogP contribution in [0.25, 0.3) is 0 Å². The molecule has 0 radical (unpaired) electrons. The molecule has 0 aliphatic carbocycles. The van der Waals surface area contributed by atoms with Gasteiger partial charge in [0.05, 0.1) is 5.56 Å². The van der Waals surface area contributed by atoms with Gasteiger partial charge in [-0.25, -0.2) is 4.39 Å². The van der Waals surface area contributed by atoms with E-state index >= 15 is 0 Å². The van der Waals surface area contributed by atoms with Crippen LogP contribution in [0, 0.1) is 5.82 Å². The summed E-state index contributed by atoms with van der Waals surface area (Å²) in [6.07, 6.45) is 1.48. The number of halogens is 2. The third kappa shape index (κ3) is 3.64. The number of hydrogen-bond donors (Lipinski definition) is 1. The minimum Gasteiger partial charge on any atom is -0.348 e. The van der Waals surface area contributed by atoms with Crippen LogP contribution >= 0.6 is 15.9 Å². The van der Waals surface area contributed by atoms with E-state index in [-0.39, 0.29) is 11.5 Å². The summed E-state index contributed by atoms with van der Waals surface area (Å²) in [7, 11) is 0. The predicted molar refractivity (Wildman–Crippen MR) is 93.3 cm³/mol. The van der Waals surface area contributed by atoms with Crippen molar-refractivity contribution in [2.75, 3.05) is 11.4 Å². The van der Waals surface area contributed by atoms with Crippen LogP contribution in [0.3, 0.4) is 0 Å². The lowest BCUT2D eigenvalue weighted by molar-refractivity contribution is -0.117. The Kier molecular flexibility index (Phi) is 4.94. The van der Waals surface area contributed by atoms with E-state index in [0.717, 1.165) is 24.2 Å². The van der Waals surface area contributed by atoms with Crippen molar-refractivity contribution in [3.8, 4) is 0 Å². The van der Waals surface area contributed by atoms with Crippen molar-refractivity contribution >= 4 is 33.4 Å². The van der Waals surface area contributed by atoms with Gasteiger partial charge in [0.15, 0.2) is 0 Å². The van der Waals surface area contributed by atoms with E-state index in [1.54, 1.807) is 11.0 Å². The van der Waals surface area contributed by atoms with Gasteiger partial charge in [0.1, 0.15) is 5.82 Å². The standard InChI is InChI=1S/C18H16BrFN2O2/c19-13-5-8-15(16(20)10-13)18(24)21-11-12-3-6-14(7-4-12)22-9-1-2-17(22)23/h3-8,10H,1-2,9,11H2,(H,21,24). The molecule has 0 spiro atoms. The van der Waals surface area contributed by atoms with Gasteiger partial charge in [-0.15, -0.1) is 0 Å². The first-order chi connectivity index (χ1) is 11.5. The van der Waals surface area contributed by atoms with Gasteiger partial charge in [0.25, 0.3) is 5.91 Å². The average molecular weight is 391 g/mol. The summed E-state index contributed by atoms with van der Waals surface area (Å²) >= 11 is 3.16. The quantitative estimate of drug-likeness (QED) is 0.865. The molecule has 1 fully saturated rings. The van der Waals surface area contributed by atoms with Crippen LogP contribution < -0.4 is 10.2 Å². The predicted octanol–water partition coefficient (Wildman–Crippen LogP) is 3.65. The molecule has 0 saturated carbocycles. The molecule has 6 heteroatoms. The summed E-state index contributed by atoms with van der Waals surface area (Å²) in [5.74, 6) is -0.884. The van der Waals surface area contributed by atoms with Crippen LogP contribution in [0.5, 0.6) is 0 Å². The molecule has 0 atom stereocenters. The zero-order valence-corrected chi connectivity index (χ0v) is 14.5.